The summed E-state index contributed by atoms with van der Waals surface area (Å²) < 4.78 is 31.9. The minimum absolute atomic E-state index is 0.0748. The van der Waals surface area contributed by atoms with E-state index >= 15 is 4.79 Å². The standard InChI is InChI=1S/C49H59N5O9S/c1-8-44(58)24-29-25-46(42(56)60-6,38-31(13-18-53(26-29)27-44)32-21-30(11-12-35(32)51-38)39-50-16-20-64-39)34-22-33-36(23-37(34)59-5)52(4)49-47(33)15-19-54-17-10-14-45(9-2,40(47)54)41(62-28(3)55)48(49,63-49)43(57)61-7/h10-12,14,16,20-23,29,34,37,40-41,51,58H,8-9,13,15,17-19,24-27H2,1-7H3/t29-,34?,37?,40+,41-,44+,45-,46+,47-,48+,49+/m1/s1. The van der Waals surface area contributed by atoms with Gasteiger partial charge in [-0.05, 0) is 86.4 Å². The maximum absolute atomic E-state index is 15.6. The fourth-order valence-electron chi connectivity index (χ4n) is 14.9. The number of rotatable bonds is 8. The molecule has 8 aliphatic rings. The third-order valence-electron chi connectivity index (χ3n) is 17.2. The maximum atomic E-state index is 15.6. The van der Waals surface area contributed by atoms with Gasteiger partial charge in [0.25, 0.3) is 5.60 Å². The average molecular weight is 894 g/mol. The Morgan fingerprint density at radius 1 is 1.06 bits per heavy atom. The van der Waals surface area contributed by atoms with Crippen LogP contribution in [0.2, 0.25) is 0 Å². The summed E-state index contributed by atoms with van der Waals surface area (Å²) >= 11 is 1.59. The first-order valence-corrected chi connectivity index (χ1v) is 23.8. The van der Waals surface area contributed by atoms with Crippen LogP contribution in [-0.2, 0) is 49.9 Å². The van der Waals surface area contributed by atoms with E-state index in [9.17, 15) is 14.7 Å². The Morgan fingerprint density at radius 3 is 2.58 bits per heavy atom. The zero-order valence-electron chi connectivity index (χ0n) is 37.8. The number of ether oxygens (including phenoxy) is 5. The number of aromatic amines is 1. The van der Waals surface area contributed by atoms with Crippen molar-refractivity contribution >= 4 is 40.1 Å². The molecule has 15 heteroatoms. The first kappa shape index (κ1) is 42.3. The molecule has 1 saturated carbocycles. The number of hydrogen-bond donors (Lipinski definition) is 2. The van der Waals surface area contributed by atoms with E-state index in [-0.39, 0.29) is 17.9 Å². The number of allylic oxidation sites excluding steroid dienone is 1. The van der Waals surface area contributed by atoms with E-state index < -0.39 is 63.2 Å². The molecule has 4 saturated heterocycles. The number of carbonyl (C=O) groups excluding carboxylic acids is 3. The summed E-state index contributed by atoms with van der Waals surface area (Å²) in [6.07, 6.45) is 12.3. The summed E-state index contributed by atoms with van der Waals surface area (Å²) in [6.45, 7) is 8.92. The zero-order chi connectivity index (χ0) is 44.8. The van der Waals surface area contributed by atoms with Crippen LogP contribution < -0.4 is 0 Å². The van der Waals surface area contributed by atoms with Crippen molar-refractivity contribution in [1.29, 1.82) is 0 Å². The van der Waals surface area contributed by atoms with E-state index in [0.717, 1.165) is 50.5 Å². The van der Waals surface area contributed by atoms with Gasteiger partial charge in [-0.1, -0.05) is 32.1 Å². The van der Waals surface area contributed by atoms with Gasteiger partial charge in [0.2, 0.25) is 0 Å². The van der Waals surface area contributed by atoms with Gasteiger partial charge in [-0.3, -0.25) is 19.4 Å². The van der Waals surface area contributed by atoms with E-state index in [1.54, 1.807) is 18.4 Å². The summed E-state index contributed by atoms with van der Waals surface area (Å²) in [7, 11) is 6.49. The van der Waals surface area contributed by atoms with Crippen LogP contribution in [0.5, 0.6) is 0 Å². The second-order valence-corrected chi connectivity index (χ2v) is 20.6. The molecule has 12 atom stereocenters. The number of epoxide rings is 1. The number of aliphatic hydroxyl groups is 1. The van der Waals surface area contributed by atoms with Crippen LogP contribution >= 0.6 is 11.3 Å². The van der Waals surface area contributed by atoms with Gasteiger partial charge in [-0.15, -0.1) is 11.3 Å². The molecule has 8 heterocycles. The van der Waals surface area contributed by atoms with Crippen LogP contribution in [-0.4, -0.2) is 144 Å². The van der Waals surface area contributed by atoms with Crippen LogP contribution in [0.25, 0.3) is 21.5 Å². The molecule has 6 aliphatic heterocycles. The second kappa shape index (κ2) is 14.3. The number of H-pyrrole nitrogens is 1. The van der Waals surface area contributed by atoms with Crippen LogP contribution in [0.15, 0.2) is 65.4 Å². The van der Waals surface area contributed by atoms with Crippen molar-refractivity contribution in [3.63, 3.8) is 0 Å². The van der Waals surface area contributed by atoms with Gasteiger partial charge in [0.1, 0.15) is 10.4 Å². The molecule has 64 heavy (non-hydrogen) atoms. The Bertz CT molecular complexity index is 2560. The van der Waals surface area contributed by atoms with E-state index in [1.165, 1.54) is 21.1 Å². The van der Waals surface area contributed by atoms with Crippen molar-refractivity contribution in [3.05, 3.63) is 76.6 Å². The molecular weight excluding hydrogens is 835 g/mol. The van der Waals surface area contributed by atoms with Gasteiger partial charge in [0.05, 0.1) is 31.3 Å². The molecule has 3 unspecified atom stereocenters. The van der Waals surface area contributed by atoms with Gasteiger partial charge in [0.15, 0.2) is 11.8 Å². The molecule has 3 aromatic rings. The monoisotopic (exact) mass is 893 g/mol. The van der Waals surface area contributed by atoms with Crippen molar-refractivity contribution in [2.45, 2.75) is 99.9 Å². The summed E-state index contributed by atoms with van der Waals surface area (Å²) in [4.78, 5) is 58.9. The Kier molecular flexibility index (Phi) is 9.45. The first-order valence-electron chi connectivity index (χ1n) is 22.9. The van der Waals surface area contributed by atoms with E-state index in [0.29, 0.717) is 64.7 Å². The third kappa shape index (κ3) is 5.08. The Morgan fingerprint density at radius 2 is 1.88 bits per heavy atom. The fourth-order valence-corrected chi connectivity index (χ4v) is 15.5. The minimum atomic E-state index is -1.66. The lowest BCUT2D eigenvalue weighted by Gasteiger charge is -2.58. The van der Waals surface area contributed by atoms with Gasteiger partial charge in [-0.2, -0.15) is 0 Å². The van der Waals surface area contributed by atoms with Crippen LogP contribution in [0.1, 0.15) is 64.1 Å². The number of fused-ring (bicyclic) bond motifs is 6. The van der Waals surface area contributed by atoms with E-state index in [2.05, 4.69) is 74.1 Å². The topological polar surface area (TPSA) is 159 Å². The maximum Gasteiger partial charge on any atom is 0.347 e. The van der Waals surface area contributed by atoms with Gasteiger partial charge in [-0.25, -0.2) is 9.78 Å². The Hall–Kier alpha value is -4.38. The third-order valence-corrected chi connectivity index (χ3v) is 18.0. The van der Waals surface area contributed by atoms with Crippen LogP contribution in [0, 0.1) is 22.7 Å². The van der Waals surface area contributed by atoms with Gasteiger partial charge in [0, 0.05) is 104 Å². The normalized spacial score (nSPS) is 40.3. The fraction of sp³-hybridized carbons (Fsp3) is 0.592. The predicted molar refractivity (Wildman–Crippen MR) is 238 cm³/mol. The van der Waals surface area contributed by atoms with Crippen molar-refractivity contribution in [3.8, 4) is 10.6 Å². The van der Waals surface area contributed by atoms with Crippen molar-refractivity contribution in [2.24, 2.45) is 22.7 Å². The molecule has 14 nitrogen and oxygen atoms in total. The molecular formula is C49H59N5O9S. The van der Waals surface area contributed by atoms with E-state index in [1.807, 2.05) is 25.5 Å². The lowest BCUT2D eigenvalue weighted by Crippen LogP contribution is -2.73. The largest absolute Gasteiger partial charge is 0.468 e. The predicted octanol–water partition coefficient (Wildman–Crippen LogP) is 5.12. The molecule has 2 bridgehead atoms. The number of hydrogen-bond acceptors (Lipinski definition) is 14. The molecule has 5 fully saturated rings. The number of likely N-dealkylation sites (N-methyl/N-ethyl adjacent to an activating group) is 1. The van der Waals surface area contributed by atoms with Crippen molar-refractivity contribution < 1.29 is 43.2 Å². The summed E-state index contributed by atoms with van der Waals surface area (Å²) in [5, 5.41) is 16.1. The number of aromatic nitrogens is 2. The van der Waals surface area contributed by atoms with Crippen LogP contribution in [0.4, 0.5) is 0 Å². The molecule has 0 radical (unpaired) electrons. The van der Waals surface area contributed by atoms with Crippen LogP contribution in [0.3, 0.4) is 0 Å². The highest BCUT2D eigenvalue weighted by Crippen LogP contribution is 2.82. The average Bonchev–Trinajstić information content (AvgIpc) is 3.74. The molecule has 0 amide bonds. The number of piperidine rings is 1. The highest BCUT2D eigenvalue weighted by molar-refractivity contribution is 7.13. The summed E-state index contributed by atoms with van der Waals surface area (Å²) in [6, 6.07) is 6.13. The Labute approximate surface area is 377 Å². The highest BCUT2D eigenvalue weighted by Gasteiger charge is 2.99. The molecule has 2 aromatic heterocycles. The SMILES string of the molecule is CC[C@]1(O)C[C@H]2CN(CCc3c([nH]c4ccc(-c5nccs5)cc34)[C@@](C(=O)OC)(C3C=C4C(=CC3OC)N(C)[C@@]35O[C@]3(C(=O)OC)[C@H](OC(C)=O)[C@]3(CC)C=CCN6CC[C@]45[C@@H]63)C2)C1. The first-order chi connectivity index (χ1) is 30.8. The Balaban J connectivity index is 1.18. The van der Waals surface area contributed by atoms with Gasteiger partial charge >= 0.3 is 17.9 Å². The smallest absolute Gasteiger partial charge is 0.347 e. The quantitative estimate of drug-likeness (QED) is 0.133. The number of likely N-dealkylation sites (tertiary alicyclic amines) is 1. The number of nitrogens with zero attached hydrogens (tertiary/aromatic N) is 4. The van der Waals surface area contributed by atoms with Crippen molar-refractivity contribution in [2.75, 3.05) is 61.1 Å². The number of carbonyl (C=O) groups is 3. The number of esters is 3. The highest BCUT2D eigenvalue weighted by atomic mass is 32.1. The number of nitrogens with one attached hydrogen (secondary N) is 1. The van der Waals surface area contributed by atoms with Crippen molar-refractivity contribution in [1.82, 2.24) is 24.7 Å². The summed E-state index contributed by atoms with van der Waals surface area (Å²) in [5.41, 5.74) is -1.23. The van der Waals surface area contributed by atoms with Gasteiger partial charge < -0.3 is 38.7 Å². The number of benzene rings is 1. The lowest BCUT2D eigenvalue weighted by atomic mass is 9.48. The van der Waals surface area contributed by atoms with E-state index in [4.69, 9.17) is 23.7 Å². The molecule has 11 rings (SSSR count). The summed E-state index contributed by atoms with van der Waals surface area (Å²) in [5.74, 6) is -2.14. The molecule has 2 N–H and O–H groups in total. The molecule has 1 aromatic carbocycles. The molecule has 340 valence electrons. The minimum Gasteiger partial charge on any atom is -0.468 e. The number of methoxy groups -OCH3 is 3. The lowest BCUT2D eigenvalue weighted by molar-refractivity contribution is -0.182. The second-order valence-electron chi connectivity index (χ2n) is 19.7. The molecule has 2 spiro atoms. The zero-order valence-corrected chi connectivity index (χ0v) is 38.6. The number of thiazole rings is 1. The molecule has 2 aliphatic carbocycles.